The van der Waals surface area contributed by atoms with Crippen LogP contribution in [0.1, 0.15) is 22.8 Å². The van der Waals surface area contributed by atoms with E-state index in [0.29, 0.717) is 0 Å². The summed E-state index contributed by atoms with van der Waals surface area (Å²) < 4.78 is 18.2. The molecule has 0 bridgehead atoms. The number of rotatable bonds is 3. The highest BCUT2D eigenvalue weighted by atomic mass is 79.9. The maximum Gasteiger partial charge on any atom is 0.338 e. The molecule has 2 nitrogen and oxygen atoms in total. The predicted octanol–water partition coefficient (Wildman–Crippen LogP) is 3.55. The van der Waals surface area contributed by atoms with E-state index in [1.165, 1.54) is 12.1 Å². The summed E-state index contributed by atoms with van der Waals surface area (Å²) >= 11 is 8.77. The zero-order valence-electron chi connectivity index (χ0n) is 8.02. The van der Waals surface area contributed by atoms with Crippen molar-refractivity contribution in [3.8, 4) is 0 Å². The SMILES string of the molecule is CCOC(=O)c1cc(Cl)cc(F)c1CBr. The predicted molar refractivity (Wildman–Crippen MR) is 60.0 cm³/mol. The lowest BCUT2D eigenvalue weighted by Gasteiger charge is -2.08. The second-order valence-electron chi connectivity index (χ2n) is 2.77. The van der Waals surface area contributed by atoms with E-state index in [0.717, 1.165) is 0 Å². The second-order valence-corrected chi connectivity index (χ2v) is 3.76. The van der Waals surface area contributed by atoms with Gasteiger partial charge in [-0.2, -0.15) is 0 Å². The van der Waals surface area contributed by atoms with Crippen LogP contribution in [0.15, 0.2) is 12.1 Å². The van der Waals surface area contributed by atoms with Crippen LogP contribution in [0, 0.1) is 5.82 Å². The molecule has 5 heteroatoms. The molecule has 0 fully saturated rings. The van der Waals surface area contributed by atoms with Crippen LogP contribution in [0.3, 0.4) is 0 Å². The fraction of sp³-hybridized carbons (Fsp3) is 0.300. The number of hydrogen-bond acceptors (Lipinski definition) is 2. The van der Waals surface area contributed by atoms with Gasteiger partial charge >= 0.3 is 5.97 Å². The van der Waals surface area contributed by atoms with Crippen molar-refractivity contribution in [1.82, 2.24) is 0 Å². The molecule has 1 rings (SSSR count). The van der Waals surface area contributed by atoms with Crippen molar-refractivity contribution in [2.24, 2.45) is 0 Å². The minimum atomic E-state index is -0.562. The summed E-state index contributed by atoms with van der Waals surface area (Å²) in [5.74, 6) is -1.07. The Morgan fingerprint density at radius 3 is 2.80 bits per heavy atom. The van der Waals surface area contributed by atoms with E-state index in [4.69, 9.17) is 16.3 Å². The molecule has 1 aromatic rings. The summed E-state index contributed by atoms with van der Waals surface area (Å²) in [6, 6.07) is 2.57. The van der Waals surface area contributed by atoms with E-state index in [1.807, 2.05) is 0 Å². The second kappa shape index (κ2) is 5.47. The fourth-order valence-corrected chi connectivity index (χ4v) is 1.91. The molecule has 1 aromatic carbocycles. The third-order valence-electron chi connectivity index (χ3n) is 1.79. The first-order valence-corrected chi connectivity index (χ1v) is 5.81. The lowest BCUT2D eigenvalue weighted by atomic mass is 10.1. The Kier molecular flexibility index (Phi) is 4.54. The molecule has 0 aromatic heterocycles. The normalized spacial score (nSPS) is 10.1. The molecule has 15 heavy (non-hydrogen) atoms. The van der Waals surface area contributed by atoms with Gasteiger partial charge in [-0.25, -0.2) is 9.18 Å². The van der Waals surface area contributed by atoms with Crippen LogP contribution in [-0.4, -0.2) is 12.6 Å². The van der Waals surface area contributed by atoms with Gasteiger partial charge in [0, 0.05) is 15.9 Å². The lowest BCUT2D eigenvalue weighted by molar-refractivity contribution is 0.0525. The van der Waals surface area contributed by atoms with Crippen LogP contribution in [0.5, 0.6) is 0 Å². The number of hydrogen-bond donors (Lipinski definition) is 0. The summed E-state index contributed by atoms with van der Waals surface area (Å²) in [4.78, 5) is 11.5. The summed E-state index contributed by atoms with van der Waals surface area (Å²) in [5.41, 5.74) is 0.427. The Morgan fingerprint density at radius 2 is 2.27 bits per heavy atom. The molecule has 0 radical (unpaired) electrons. The molecule has 0 aliphatic carbocycles. The van der Waals surface area contributed by atoms with Crippen molar-refractivity contribution in [3.05, 3.63) is 34.1 Å². The molecule has 0 saturated carbocycles. The molecule has 82 valence electrons. The Balaban J connectivity index is 3.20. The highest BCUT2D eigenvalue weighted by Gasteiger charge is 2.16. The molecule has 0 amide bonds. The highest BCUT2D eigenvalue weighted by molar-refractivity contribution is 9.08. The number of carbonyl (C=O) groups is 1. The molecule has 0 unspecified atom stereocenters. The molecule has 0 spiro atoms. The zero-order chi connectivity index (χ0) is 11.4. The van der Waals surface area contributed by atoms with Gasteiger partial charge in [-0.3, -0.25) is 0 Å². The van der Waals surface area contributed by atoms with Gasteiger partial charge in [0.25, 0.3) is 0 Å². The first kappa shape index (κ1) is 12.5. The van der Waals surface area contributed by atoms with Crippen molar-refractivity contribution >= 4 is 33.5 Å². The first-order chi connectivity index (χ1) is 7.10. The average Bonchev–Trinajstić information content (AvgIpc) is 2.17. The first-order valence-electron chi connectivity index (χ1n) is 4.31. The van der Waals surface area contributed by atoms with Gasteiger partial charge in [-0.15, -0.1) is 0 Å². The summed E-state index contributed by atoms with van der Waals surface area (Å²) in [5, 5.41) is 0.421. The van der Waals surface area contributed by atoms with Crippen LogP contribution in [-0.2, 0) is 10.1 Å². The highest BCUT2D eigenvalue weighted by Crippen LogP contribution is 2.23. The quantitative estimate of drug-likeness (QED) is 0.629. The third-order valence-corrected chi connectivity index (χ3v) is 2.57. The maximum atomic E-state index is 13.4. The van der Waals surface area contributed by atoms with Gasteiger partial charge < -0.3 is 4.74 Å². The van der Waals surface area contributed by atoms with Crippen LogP contribution in [0.2, 0.25) is 5.02 Å². The molecule has 0 N–H and O–H groups in total. The van der Waals surface area contributed by atoms with Crippen LogP contribution in [0.4, 0.5) is 4.39 Å². The maximum absolute atomic E-state index is 13.4. The molecule has 0 saturated heterocycles. The Hall–Kier alpha value is -0.610. The number of ether oxygens (including phenoxy) is 1. The fourth-order valence-electron chi connectivity index (χ4n) is 1.13. The van der Waals surface area contributed by atoms with Crippen LogP contribution in [0.25, 0.3) is 0 Å². The van der Waals surface area contributed by atoms with Crippen LogP contribution >= 0.6 is 27.5 Å². The number of benzene rings is 1. The number of halogens is 3. The Morgan fingerprint density at radius 1 is 1.60 bits per heavy atom. The lowest BCUT2D eigenvalue weighted by Crippen LogP contribution is -2.09. The van der Waals surface area contributed by atoms with Crippen molar-refractivity contribution in [3.63, 3.8) is 0 Å². The molecule has 0 aliphatic heterocycles. The van der Waals surface area contributed by atoms with Gasteiger partial charge in [0.2, 0.25) is 0 Å². The van der Waals surface area contributed by atoms with E-state index in [9.17, 15) is 9.18 Å². The number of esters is 1. The van der Waals surface area contributed by atoms with Gasteiger partial charge in [-0.1, -0.05) is 27.5 Å². The smallest absolute Gasteiger partial charge is 0.338 e. The van der Waals surface area contributed by atoms with Crippen molar-refractivity contribution < 1.29 is 13.9 Å². The van der Waals surface area contributed by atoms with Crippen molar-refractivity contribution in [2.75, 3.05) is 6.61 Å². The van der Waals surface area contributed by atoms with E-state index in [1.54, 1.807) is 6.92 Å². The van der Waals surface area contributed by atoms with Crippen molar-refractivity contribution in [2.45, 2.75) is 12.3 Å². The van der Waals surface area contributed by atoms with Crippen LogP contribution < -0.4 is 0 Å². The molecule has 0 heterocycles. The summed E-state index contributed by atoms with van der Waals surface area (Å²) in [7, 11) is 0. The zero-order valence-corrected chi connectivity index (χ0v) is 10.4. The van der Waals surface area contributed by atoms with E-state index in [2.05, 4.69) is 15.9 Å². The van der Waals surface area contributed by atoms with Gasteiger partial charge in [-0.05, 0) is 19.1 Å². The standard InChI is InChI=1S/C10H9BrClFO2/c1-2-15-10(14)7-3-6(12)4-9(13)8(7)5-11/h3-4H,2,5H2,1H3. The molecule has 0 atom stereocenters. The largest absolute Gasteiger partial charge is 0.462 e. The van der Waals surface area contributed by atoms with Gasteiger partial charge in [0.05, 0.1) is 12.2 Å². The third kappa shape index (κ3) is 2.92. The van der Waals surface area contributed by atoms with E-state index < -0.39 is 11.8 Å². The summed E-state index contributed by atoms with van der Waals surface area (Å²) in [6.45, 7) is 1.93. The minimum Gasteiger partial charge on any atom is -0.462 e. The number of carbonyl (C=O) groups excluding carboxylic acids is 1. The average molecular weight is 296 g/mol. The molecular weight excluding hydrogens is 286 g/mol. The topological polar surface area (TPSA) is 26.3 Å². The van der Waals surface area contributed by atoms with E-state index in [-0.39, 0.29) is 28.1 Å². The number of alkyl halides is 1. The Labute approximate surface area is 101 Å². The molecule has 0 aliphatic rings. The van der Waals surface area contributed by atoms with Crippen molar-refractivity contribution in [1.29, 1.82) is 0 Å². The Bertz CT molecular complexity index is 382. The van der Waals surface area contributed by atoms with Gasteiger partial charge in [0.1, 0.15) is 5.82 Å². The minimum absolute atomic E-state index is 0.165. The monoisotopic (exact) mass is 294 g/mol. The molecular formula is C10H9BrClFO2. The van der Waals surface area contributed by atoms with Gasteiger partial charge in [0.15, 0.2) is 0 Å². The summed E-state index contributed by atoms with van der Waals surface area (Å²) in [6.07, 6.45) is 0. The van der Waals surface area contributed by atoms with E-state index >= 15 is 0 Å².